The van der Waals surface area contributed by atoms with E-state index in [1.54, 1.807) is 21.3 Å². The minimum Gasteiger partial charge on any atom is -0.497 e. The Morgan fingerprint density at radius 3 is 2.63 bits per heavy atom. The van der Waals surface area contributed by atoms with Crippen LogP contribution in [0.5, 0.6) is 5.75 Å². The molecule has 1 fully saturated rings. The van der Waals surface area contributed by atoms with E-state index in [1.165, 1.54) is 0 Å². The van der Waals surface area contributed by atoms with Crippen molar-refractivity contribution in [3.05, 3.63) is 59.9 Å². The lowest BCUT2D eigenvalue weighted by Gasteiger charge is -2.42. The third-order valence-corrected chi connectivity index (χ3v) is 5.90. The summed E-state index contributed by atoms with van der Waals surface area (Å²) in [5.41, 5.74) is 1.66. The quantitative estimate of drug-likeness (QED) is 0.652. The van der Waals surface area contributed by atoms with Crippen LogP contribution in [0.15, 0.2) is 48.5 Å². The molecule has 1 aliphatic carbocycles. The molecule has 0 radical (unpaired) electrons. The first-order chi connectivity index (χ1) is 14.6. The second-order valence-electron chi connectivity index (χ2n) is 7.70. The number of amides is 1. The molecule has 0 spiro atoms. The maximum absolute atomic E-state index is 12.7. The minimum absolute atomic E-state index is 0.0671. The molecule has 2 aromatic carbocycles. The zero-order valence-electron chi connectivity index (χ0n) is 17.5. The Hall–Kier alpha value is -2.90. The molecule has 1 amide bonds. The number of H-pyrrole nitrogens is 1. The van der Waals surface area contributed by atoms with Gasteiger partial charge in [0, 0.05) is 44.7 Å². The number of hydrogen-bond acceptors (Lipinski definition) is 5. The summed E-state index contributed by atoms with van der Waals surface area (Å²) in [5.74, 6) is 1.39. The van der Waals surface area contributed by atoms with Crippen LogP contribution in [0.1, 0.15) is 35.4 Å². The highest BCUT2D eigenvalue weighted by Crippen LogP contribution is 2.41. The van der Waals surface area contributed by atoms with Gasteiger partial charge in [-0.25, -0.2) is 4.98 Å². The zero-order valence-corrected chi connectivity index (χ0v) is 17.5. The van der Waals surface area contributed by atoms with Crippen molar-refractivity contribution in [3.63, 3.8) is 0 Å². The van der Waals surface area contributed by atoms with E-state index in [9.17, 15) is 4.79 Å². The van der Waals surface area contributed by atoms with Crippen molar-refractivity contribution < 1.29 is 19.0 Å². The van der Waals surface area contributed by atoms with Crippen LogP contribution < -0.4 is 10.1 Å². The number of nitrogens with zero attached hydrogens (tertiary/aromatic N) is 1. The van der Waals surface area contributed by atoms with Gasteiger partial charge in [-0.3, -0.25) is 4.79 Å². The molecule has 2 N–H and O–H groups in total. The molecular formula is C23H27N3O4. The molecule has 7 nitrogen and oxygen atoms in total. The third-order valence-electron chi connectivity index (χ3n) is 5.90. The van der Waals surface area contributed by atoms with Gasteiger partial charge in [-0.2, -0.15) is 0 Å². The topological polar surface area (TPSA) is 85.5 Å². The van der Waals surface area contributed by atoms with E-state index in [1.807, 2.05) is 48.5 Å². The first-order valence-electron chi connectivity index (χ1n) is 10.0. The van der Waals surface area contributed by atoms with Crippen molar-refractivity contribution in [1.29, 1.82) is 0 Å². The van der Waals surface area contributed by atoms with Crippen LogP contribution in [0.25, 0.3) is 11.0 Å². The van der Waals surface area contributed by atoms with Crippen LogP contribution >= 0.6 is 0 Å². The number of aromatic amines is 1. The number of nitrogens with one attached hydrogen (secondary N) is 2. The number of benzene rings is 2. The molecule has 0 saturated heterocycles. The molecule has 158 valence electrons. The van der Waals surface area contributed by atoms with E-state index in [2.05, 4.69) is 10.3 Å². The third kappa shape index (κ3) is 3.91. The van der Waals surface area contributed by atoms with Crippen molar-refractivity contribution >= 4 is 16.9 Å². The molecule has 3 atom stereocenters. The highest BCUT2D eigenvalue weighted by molar-refractivity contribution is 5.94. The average molecular weight is 409 g/mol. The SMILES string of the molecule is COc1ccc2nc(C3(OC)CC(NC(=O)c4ccccc4)CC(OC)C3)[nH]c2c1. The maximum atomic E-state index is 12.7. The predicted octanol–water partition coefficient (Wildman–Crippen LogP) is 3.41. The second-order valence-corrected chi connectivity index (χ2v) is 7.70. The summed E-state index contributed by atoms with van der Waals surface area (Å²) in [7, 11) is 5.01. The summed E-state index contributed by atoms with van der Waals surface area (Å²) in [6.07, 6.45) is 1.89. The second kappa shape index (κ2) is 8.45. The smallest absolute Gasteiger partial charge is 0.251 e. The van der Waals surface area contributed by atoms with Gasteiger partial charge in [0.15, 0.2) is 0 Å². The normalized spacial score (nSPS) is 24.0. The van der Waals surface area contributed by atoms with Crippen LogP contribution in [0, 0.1) is 0 Å². The summed E-state index contributed by atoms with van der Waals surface area (Å²) in [4.78, 5) is 20.9. The number of hydrogen-bond donors (Lipinski definition) is 2. The van der Waals surface area contributed by atoms with Crippen LogP contribution in [-0.2, 0) is 15.1 Å². The van der Waals surface area contributed by atoms with Crippen molar-refractivity contribution in [2.45, 2.75) is 37.0 Å². The van der Waals surface area contributed by atoms with Gasteiger partial charge in [-0.1, -0.05) is 18.2 Å². The first-order valence-corrected chi connectivity index (χ1v) is 10.0. The molecule has 30 heavy (non-hydrogen) atoms. The van der Waals surface area contributed by atoms with Gasteiger partial charge in [-0.05, 0) is 30.7 Å². The molecule has 4 rings (SSSR count). The monoisotopic (exact) mass is 409 g/mol. The van der Waals surface area contributed by atoms with Gasteiger partial charge in [0.05, 0.1) is 24.2 Å². The van der Waals surface area contributed by atoms with E-state index < -0.39 is 5.60 Å². The molecule has 0 aliphatic heterocycles. The van der Waals surface area contributed by atoms with Crippen molar-refractivity contribution in [3.8, 4) is 5.75 Å². The molecule has 3 unspecified atom stereocenters. The lowest BCUT2D eigenvalue weighted by atomic mass is 9.79. The standard InChI is InChI=1S/C23H27N3O4/c1-28-17-9-10-19-20(12-17)26-22(25-19)23(30-3)13-16(11-18(14-23)29-2)24-21(27)15-7-5-4-6-8-15/h4-10,12,16,18H,11,13-14H2,1-3H3,(H,24,27)(H,25,26). The van der Waals surface area contributed by atoms with Gasteiger partial charge in [0.2, 0.25) is 0 Å². The summed E-state index contributed by atoms with van der Waals surface area (Å²) < 4.78 is 17.1. The van der Waals surface area contributed by atoms with Gasteiger partial charge < -0.3 is 24.5 Å². The molecule has 3 aromatic rings. The lowest BCUT2D eigenvalue weighted by Crippen LogP contribution is -2.50. The Labute approximate surface area is 175 Å². The summed E-state index contributed by atoms with van der Waals surface area (Å²) in [6.45, 7) is 0. The summed E-state index contributed by atoms with van der Waals surface area (Å²) in [5, 5.41) is 3.15. The molecule has 1 aliphatic rings. The maximum Gasteiger partial charge on any atom is 0.251 e. The molecule has 1 saturated carbocycles. The molecule has 7 heteroatoms. The summed E-state index contributed by atoms with van der Waals surface area (Å²) >= 11 is 0. The van der Waals surface area contributed by atoms with Crippen LogP contribution in [0.4, 0.5) is 0 Å². The average Bonchev–Trinajstić information content (AvgIpc) is 3.23. The fraction of sp³-hybridized carbons (Fsp3) is 0.391. The van der Waals surface area contributed by atoms with Crippen molar-refractivity contribution in [2.24, 2.45) is 0 Å². The highest BCUT2D eigenvalue weighted by Gasteiger charge is 2.45. The van der Waals surface area contributed by atoms with Crippen molar-refractivity contribution in [1.82, 2.24) is 15.3 Å². The Bertz CT molecular complexity index is 1020. The van der Waals surface area contributed by atoms with E-state index in [4.69, 9.17) is 19.2 Å². The largest absolute Gasteiger partial charge is 0.497 e. The Kier molecular flexibility index (Phi) is 5.74. The van der Waals surface area contributed by atoms with Gasteiger partial charge in [-0.15, -0.1) is 0 Å². The van der Waals surface area contributed by atoms with Gasteiger partial charge in [0.25, 0.3) is 5.91 Å². The number of aromatic nitrogens is 2. The van der Waals surface area contributed by atoms with Crippen LogP contribution in [0.3, 0.4) is 0 Å². The van der Waals surface area contributed by atoms with Gasteiger partial charge >= 0.3 is 0 Å². The van der Waals surface area contributed by atoms with Crippen LogP contribution in [0.2, 0.25) is 0 Å². The number of carbonyl (C=O) groups excluding carboxylic acids is 1. The van der Waals surface area contributed by atoms with Crippen molar-refractivity contribution in [2.75, 3.05) is 21.3 Å². The number of rotatable bonds is 6. The number of carbonyl (C=O) groups is 1. The number of fused-ring (bicyclic) bond motifs is 1. The minimum atomic E-state index is -0.695. The fourth-order valence-electron chi connectivity index (χ4n) is 4.27. The lowest BCUT2D eigenvalue weighted by molar-refractivity contribution is -0.102. The number of imidazole rings is 1. The Morgan fingerprint density at radius 1 is 1.13 bits per heavy atom. The Balaban J connectivity index is 1.63. The number of ether oxygens (including phenoxy) is 3. The molecule has 1 aromatic heterocycles. The Morgan fingerprint density at radius 2 is 1.93 bits per heavy atom. The van der Waals surface area contributed by atoms with Gasteiger partial charge in [0.1, 0.15) is 17.2 Å². The number of methoxy groups -OCH3 is 3. The van der Waals surface area contributed by atoms with E-state index in [0.29, 0.717) is 24.8 Å². The predicted molar refractivity (Wildman–Crippen MR) is 114 cm³/mol. The summed E-state index contributed by atoms with van der Waals surface area (Å²) in [6, 6.07) is 14.8. The van der Waals surface area contributed by atoms with Crippen LogP contribution in [-0.4, -0.2) is 49.4 Å². The fourth-order valence-corrected chi connectivity index (χ4v) is 4.27. The molecule has 0 bridgehead atoms. The van der Waals surface area contributed by atoms with E-state index in [-0.39, 0.29) is 18.1 Å². The first kappa shape index (κ1) is 20.4. The van der Waals surface area contributed by atoms with E-state index >= 15 is 0 Å². The molecule has 1 heterocycles. The zero-order chi connectivity index (χ0) is 21.1. The molecular weight excluding hydrogens is 382 g/mol. The highest BCUT2D eigenvalue weighted by atomic mass is 16.5. The van der Waals surface area contributed by atoms with E-state index in [0.717, 1.165) is 22.6 Å².